The highest BCUT2D eigenvalue weighted by molar-refractivity contribution is 6.33. The molecule has 8 heteroatoms. The van der Waals surface area contributed by atoms with Gasteiger partial charge in [0.15, 0.2) is 0 Å². The number of carbonyl (C=O) groups is 1. The molecular weight excluding hydrogens is 430 g/mol. The van der Waals surface area contributed by atoms with Gasteiger partial charge in [-0.3, -0.25) is 10.3 Å². The quantitative estimate of drug-likeness (QED) is 0.394. The van der Waals surface area contributed by atoms with Crippen molar-refractivity contribution in [2.75, 3.05) is 12.4 Å². The SMILES string of the molecule is COc1cc2nccc(Oc3ccc(NC(=O)Oc4ccccc4)c(Cl)c3)c2cc1C#N. The van der Waals surface area contributed by atoms with Crippen molar-refractivity contribution in [3.63, 3.8) is 0 Å². The number of ether oxygens (including phenoxy) is 3. The van der Waals surface area contributed by atoms with Gasteiger partial charge in [-0.05, 0) is 36.4 Å². The number of methoxy groups -OCH3 is 1. The van der Waals surface area contributed by atoms with Crippen LogP contribution in [0, 0.1) is 11.3 Å². The molecule has 0 aliphatic heterocycles. The number of fused-ring (bicyclic) bond motifs is 1. The summed E-state index contributed by atoms with van der Waals surface area (Å²) < 4.78 is 16.4. The molecule has 4 rings (SSSR count). The van der Waals surface area contributed by atoms with Crippen molar-refractivity contribution in [3.05, 3.63) is 83.5 Å². The lowest BCUT2D eigenvalue weighted by Gasteiger charge is -2.12. The van der Waals surface area contributed by atoms with Crippen LogP contribution in [0.1, 0.15) is 5.56 Å². The molecule has 0 bridgehead atoms. The van der Waals surface area contributed by atoms with Crippen LogP contribution in [-0.4, -0.2) is 18.2 Å². The number of amides is 1. The second-order valence-corrected chi connectivity index (χ2v) is 6.97. The Morgan fingerprint density at radius 1 is 1.03 bits per heavy atom. The predicted molar refractivity (Wildman–Crippen MR) is 121 cm³/mol. The number of nitriles is 1. The van der Waals surface area contributed by atoms with Gasteiger partial charge in [0.2, 0.25) is 0 Å². The maximum Gasteiger partial charge on any atom is 0.417 e. The van der Waals surface area contributed by atoms with Crippen LogP contribution in [-0.2, 0) is 0 Å². The Morgan fingerprint density at radius 2 is 1.84 bits per heavy atom. The number of pyridine rings is 1. The molecule has 0 unspecified atom stereocenters. The van der Waals surface area contributed by atoms with Crippen LogP contribution in [0.25, 0.3) is 10.9 Å². The minimum absolute atomic E-state index is 0.269. The molecule has 0 atom stereocenters. The van der Waals surface area contributed by atoms with Crippen molar-refractivity contribution in [2.45, 2.75) is 0 Å². The Morgan fingerprint density at radius 3 is 2.56 bits per heavy atom. The lowest BCUT2D eigenvalue weighted by molar-refractivity contribution is 0.215. The summed E-state index contributed by atoms with van der Waals surface area (Å²) >= 11 is 6.33. The van der Waals surface area contributed by atoms with Gasteiger partial charge in [-0.15, -0.1) is 0 Å². The van der Waals surface area contributed by atoms with Gasteiger partial charge in [0.25, 0.3) is 0 Å². The first-order valence-electron chi connectivity index (χ1n) is 9.45. The van der Waals surface area contributed by atoms with Gasteiger partial charge < -0.3 is 14.2 Å². The number of para-hydroxylation sites is 1. The minimum atomic E-state index is -0.662. The first kappa shape index (κ1) is 21.0. The molecule has 0 fully saturated rings. The molecule has 0 saturated heterocycles. The predicted octanol–water partition coefficient (Wildman–Crippen LogP) is 6.17. The van der Waals surface area contributed by atoms with Crippen LogP contribution in [0.15, 0.2) is 72.9 Å². The summed E-state index contributed by atoms with van der Waals surface area (Å²) in [5.41, 5.74) is 1.36. The normalized spacial score (nSPS) is 10.3. The summed E-state index contributed by atoms with van der Waals surface area (Å²) in [6.45, 7) is 0. The Kier molecular flexibility index (Phi) is 6.06. The van der Waals surface area contributed by atoms with E-state index in [9.17, 15) is 10.1 Å². The lowest BCUT2D eigenvalue weighted by atomic mass is 10.1. The van der Waals surface area contributed by atoms with Gasteiger partial charge in [0.1, 0.15) is 29.1 Å². The van der Waals surface area contributed by atoms with Crippen LogP contribution < -0.4 is 19.5 Å². The summed E-state index contributed by atoms with van der Waals surface area (Å²) in [4.78, 5) is 16.4. The van der Waals surface area contributed by atoms with Gasteiger partial charge in [-0.25, -0.2) is 4.79 Å². The monoisotopic (exact) mass is 445 g/mol. The number of benzene rings is 3. The Bertz CT molecular complexity index is 1340. The number of hydrogen-bond donors (Lipinski definition) is 1. The number of nitrogens with one attached hydrogen (secondary N) is 1. The highest BCUT2D eigenvalue weighted by atomic mass is 35.5. The number of hydrogen-bond acceptors (Lipinski definition) is 6. The summed E-state index contributed by atoms with van der Waals surface area (Å²) in [5.74, 6) is 1.79. The first-order chi connectivity index (χ1) is 15.6. The van der Waals surface area contributed by atoms with Crippen LogP contribution in [0.2, 0.25) is 5.02 Å². The fourth-order valence-corrected chi connectivity index (χ4v) is 3.23. The molecule has 4 aromatic rings. The number of carbonyl (C=O) groups excluding carboxylic acids is 1. The fourth-order valence-electron chi connectivity index (χ4n) is 3.01. The molecule has 0 saturated carbocycles. The highest BCUT2D eigenvalue weighted by Crippen LogP contribution is 2.35. The molecule has 1 N–H and O–H groups in total. The lowest BCUT2D eigenvalue weighted by Crippen LogP contribution is -2.16. The zero-order valence-corrected chi connectivity index (χ0v) is 17.6. The zero-order chi connectivity index (χ0) is 22.5. The van der Waals surface area contributed by atoms with Gasteiger partial charge >= 0.3 is 6.09 Å². The largest absolute Gasteiger partial charge is 0.495 e. The summed E-state index contributed by atoms with van der Waals surface area (Å²) in [7, 11) is 1.50. The van der Waals surface area contributed by atoms with Crippen molar-refractivity contribution >= 4 is 34.3 Å². The van der Waals surface area contributed by atoms with Crippen LogP contribution in [0.3, 0.4) is 0 Å². The zero-order valence-electron chi connectivity index (χ0n) is 16.8. The minimum Gasteiger partial charge on any atom is -0.495 e. The third-order valence-corrected chi connectivity index (χ3v) is 4.81. The molecule has 0 aliphatic rings. The number of anilines is 1. The maximum absolute atomic E-state index is 12.1. The van der Waals surface area contributed by atoms with E-state index in [-0.39, 0.29) is 5.02 Å². The second-order valence-electron chi connectivity index (χ2n) is 6.56. The molecule has 0 spiro atoms. The Hall–Kier alpha value is -4.28. The van der Waals surface area contributed by atoms with Crippen molar-refractivity contribution in [1.29, 1.82) is 5.26 Å². The van der Waals surface area contributed by atoms with E-state index in [1.54, 1.807) is 66.9 Å². The van der Waals surface area contributed by atoms with E-state index in [1.165, 1.54) is 7.11 Å². The second kappa shape index (κ2) is 9.25. The van der Waals surface area contributed by atoms with E-state index < -0.39 is 6.09 Å². The first-order valence-corrected chi connectivity index (χ1v) is 9.83. The fraction of sp³-hybridized carbons (Fsp3) is 0.0417. The van der Waals surface area contributed by atoms with Crippen LogP contribution in [0.5, 0.6) is 23.0 Å². The Labute approximate surface area is 188 Å². The number of rotatable bonds is 5. The molecule has 1 aromatic heterocycles. The molecule has 3 aromatic carbocycles. The number of halogens is 1. The van der Waals surface area contributed by atoms with Gasteiger partial charge in [0.05, 0.1) is 28.9 Å². The van der Waals surface area contributed by atoms with E-state index in [1.807, 2.05) is 6.07 Å². The molecule has 158 valence electrons. The van der Waals surface area contributed by atoms with Gasteiger partial charge in [-0.2, -0.15) is 5.26 Å². The van der Waals surface area contributed by atoms with Gasteiger partial charge in [0, 0.05) is 23.7 Å². The van der Waals surface area contributed by atoms with Crippen molar-refractivity contribution < 1.29 is 19.0 Å². The molecule has 1 heterocycles. The summed E-state index contributed by atoms with van der Waals surface area (Å²) in [6, 6.07) is 20.7. The van der Waals surface area contributed by atoms with E-state index in [0.717, 1.165) is 0 Å². The summed E-state index contributed by atoms with van der Waals surface area (Å²) in [6.07, 6.45) is 0.935. The molecule has 0 radical (unpaired) electrons. The standard InChI is InChI=1S/C24H16ClN3O4/c1-30-23-13-21-18(11-15(23)14-26)22(9-10-27-21)31-17-7-8-20(19(25)12-17)28-24(29)32-16-5-3-2-4-6-16/h2-13H,1H3,(H,28,29). The van der Waals surface area contributed by atoms with Crippen LogP contribution >= 0.6 is 11.6 Å². The average molecular weight is 446 g/mol. The third-order valence-electron chi connectivity index (χ3n) is 4.50. The van der Waals surface area contributed by atoms with Crippen LogP contribution in [0.4, 0.5) is 10.5 Å². The van der Waals surface area contributed by atoms with E-state index in [0.29, 0.717) is 45.2 Å². The maximum atomic E-state index is 12.1. The molecular formula is C24H16ClN3O4. The van der Waals surface area contributed by atoms with Crippen molar-refractivity contribution in [3.8, 4) is 29.1 Å². The highest BCUT2D eigenvalue weighted by Gasteiger charge is 2.13. The van der Waals surface area contributed by atoms with Crippen molar-refractivity contribution in [2.24, 2.45) is 0 Å². The third kappa shape index (κ3) is 4.56. The average Bonchev–Trinajstić information content (AvgIpc) is 2.80. The van der Waals surface area contributed by atoms with E-state index in [4.69, 9.17) is 25.8 Å². The number of aromatic nitrogens is 1. The van der Waals surface area contributed by atoms with E-state index in [2.05, 4.69) is 16.4 Å². The van der Waals surface area contributed by atoms with Crippen molar-refractivity contribution in [1.82, 2.24) is 4.98 Å². The molecule has 1 amide bonds. The summed E-state index contributed by atoms with van der Waals surface area (Å²) in [5, 5.41) is 12.9. The topological polar surface area (TPSA) is 93.5 Å². The molecule has 7 nitrogen and oxygen atoms in total. The van der Waals surface area contributed by atoms with E-state index >= 15 is 0 Å². The van der Waals surface area contributed by atoms with Gasteiger partial charge in [-0.1, -0.05) is 29.8 Å². The number of nitrogens with zero attached hydrogens (tertiary/aromatic N) is 2. The molecule has 32 heavy (non-hydrogen) atoms. The molecule has 0 aliphatic carbocycles. The Balaban J connectivity index is 1.54. The smallest absolute Gasteiger partial charge is 0.417 e.